The monoisotopic (exact) mass is 344 g/mol. The topological polar surface area (TPSA) is 77.6 Å². The van der Waals surface area contributed by atoms with Gasteiger partial charge in [-0.05, 0) is 31.5 Å². The Morgan fingerprint density at radius 3 is 2.71 bits per heavy atom. The first-order valence-corrected chi connectivity index (χ1v) is 7.92. The number of aromatic nitrogens is 5. The van der Waals surface area contributed by atoms with E-state index < -0.39 is 0 Å². The van der Waals surface area contributed by atoms with Crippen LogP contribution in [-0.4, -0.2) is 30.5 Å². The zero-order valence-electron chi connectivity index (χ0n) is 13.4. The zero-order valence-corrected chi connectivity index (χ0v) is 14.2. The van der Waals surface area contributed by atoms with Crippen molar-refractivity contribution in [3.63, 3.8) is 0 Å². The standard InChI is InChI=1S/C16H17ClN6O/c1-3-23-11(2)14(8-19-23)15(24)20-16-18-10-22(21-16)9-12-4-6-13(17)7-5-12/h4-8,10H,3,9H2,1-2H3,(H,20,21,24). The molecular weight excluding hydrogens is 328 g/mol. The summed E-state index contributed by atoms with van der Waals surface area (Å²) in [7, 11) is 0. The first-order valence-electron chi connectivity index (χ1n) is 7.54. The van der Waals surface area contributed by atoms with Gasteiger partial charge in [0.05, 0.1) is 18.3 Å². The van der Waals surface area contributed by atoms with Gasteiger partial charge in [0.2, 0.25) is 5.95 Å². The van der Waals surface area contributed by atoms with Crippen LogP contribution in [0.4, 0.5) is 5.95 Å². The molecule has 0 atom stereocenters. The molecule has 0 aliphatic rings. The predicted molar refractivity (Wildman–Crippen MR) is 91.2 cm³/mol. The summed E-state index contributed by atoms with van der Waals surface area (Å²) in [6, 6.07) is 7.49. The van der Waals surface area contributed by atoms with Gasteiger partial charge in [0.15, 0.2) is 0 Å². The fraction of sp³-hybridized carbons (Fsp3) is 0.250. The second-order valence-corrected chi connectivity index (χ2v) is 5.74. The molecule has 1 amide bonds. The first kappa shape index (κ1) is 16.2. The van der Waals surface area contributed by atoms with Crippen LogP contribution >= 0.6 is 11.6 Å². The second kappa shape index (κ2) is 6.84. The SMILES string of the molecule is CCn1ncc(C(=O)Nc2ncn(Cc3ccc(Cl)cc3)n2)c1C. The largest absolute Gasteiger partial charge is 0.289 e. The number of anilines is 1. The van der Waals surface area contributed by atoms with Crippen molar-refractivity contribution in [1.82, 2.24) is 24.5 Å². The molecule has 1 aromatic carbocycles. The lowest BCUT2D eigenvalue weighted by atomic mass is 10.2. The minimum absolute atomic E-state index is 0.262. The molecule has 3 aromatic rings. The lowest BCUT2D eigenvalue weighted by Gasteiger charge is -2.02. The van der Waals surface area contributed by atoms with Gasteiger partial charge >= 0.3 is 0 Å². The Morgan fingerprint density at radius 2 is 2.04 bits per heavy atom. The molecule has 24 heavy (non-hydrogen) atoms. The molecule has 2 aromatic heterocycles. The predicted octanol–water partition coefficient (Wildman–Crippen LogP) is 2.76. The van der Waals surface area contributed by atoms with Crippen LogP contribution in [0, 0.1) is 6.92 Å². The summed E-state index contributed by atoms with van der Waals surface area (Å²) in [6.07, 6.45) is 3.13. The fourth-order valence-corrected chi connectivity index (χ4v) is 2.49. The normalized spacial score (nSPS) is 10.8. The summed E-state index contributed by atoms with van der Waals surface area (Å²) in [5.74, 6) is -0.00550. The van der Waals surface area contributed by atoms with E-state index in [-0.39, 0.29) is 11.9 Å². The van der Waals surface area contributed by atoms with E-state index in [2.05, 4.69) is 20.5 Å². The third kappa shape index (κ3) is 3.46. The lowest BCUT2D eigenvalue weighted by molar-refractivity contribution is 0.102. The van der Waals surface area contributed by atoms with E-state index in [1.165, 1.54) is 0 Å². The van der Waals surface area contributed by atoms with Crippen molar-refractivity contribution in [2.75, 3.05) is 5.32 Å². The summed E-state index contributed by atoms with van der Waals surface area (Å²) in [5, 5.41) is 11.8. The minimum Gasteiger partial charge on any atom is -0.289 e. The van der Waals surface area contributed by atoms with Crippen LogP contribution in [0.1, 0.15) is 28.5 Å². The smallest absolute Gasteiger partial charge is 0.261 e. The molecule has 0 radical (unpaired) electrons. The van der Waals surface area contributed by atoms with E-state index in [4.69, 9.17) is 11.6 Å². The van der Waals surface area contributed by atoms with Gasteiger partial charge in [-0.2, -0.15) is 5.10 Å². The number of carbonyl (C=O) groups excluding carboxylic acids is 1. The van der Waals surface area contributed by atoms with Crippen LogP contribution in [-0.2, 0) is 13.1 Å². The molecule has 1 N–H and O–H groups in total. The summed E-state index contributed by atoms with van der Waals surface area (Å²) in [5.41, 5.74) is 2.38. The summed E-state index contributed by atoms with van der Waals surface area (Å²) in [4.78, 5) is 16.4. The number of hydrogen-bond acceptors (Lipinski definition) is 4. The number of aryl methyl sites for hydroxylation is 1. The molecule has 0 aliphatic heterocycles. The molecule has 0 spiro atoms. The summed E-state index contributed by atoms with van der Waals surface area (Å²) < 4.78 is 3.42. The van der Waals surface area contributed by atoms with Gasteiger partial charge in [-0.25, -0.2) is 9.67 Å². The number of rotatable bonds is 5. The van der Waals surface area contributed by atoms with Crippen LogP contribution in [0.15, 0.2) is 36.8 Å². The number of hydrogen-bond donors (Lipinski definition) is 1. The van der Waals surface area contributed by atoms with Crippen LogP contribution in [0.3, 0.4) is 0 Å². The van der Waals surface area contributed by atoms with Crippen molar-refractivity contribution in [2.45, 2.75) is 26.9 Å². The van der Waals surface area contributed by atoms with Gasteiger partial charge in [-0.3, -0.25) is 14.8 Å². The van der Waals surface area contributed by atoms with Gasteiger partial charge in [-0.1, -0.05) is 23.7 Å². The maximum absolute atomic E-state index is 12.3. The maximum atomic E-state index is 12.3. The van der Waals surface area contributed by atoms with Gasteiger partial charge in [0.25, 0.3) is 5.91 Å². The Hall–Kier alpha value is -2.67. The van der Waals surface area contributed by atoms with Gasteiger partial charge < -0.3 is 0 Å². The van der Waals surface area contributed by atoms with Crippen molar-refractivity contribution >= 4 is 23.5 Å². The van der Waals surface area contributed by atoms with Gasteiger partial charge in [-0.15, -0.1) is 5.10 Å². The molecule has 3 rings (SSSR count). The van der Waals surface area contributed by atoms with E-state index in [0.29, 0.717) is 23.7 Å². The number of nitrogens with one attached hydrogen (secondary N) is 1. The lowest BCUT2D eigenvalue weighted by Crippen LogP contribution is -2.14. The molecule has 0 bridgehead atoms. The zero-order chi connectivity index (χ0) is 17.1. The molecule has 2 heterocycles. The third-order valence-corrected chi connectivity index (χ3v) is 3.92. The van der Waals surface area contributed by atoms with Gasteiger partial charge in [0.1, 0.15) is 6.33 Å². The highest BCUT2D eigenvalue weighted by molar-refractivity contribution is 6.30. The minimum atomic E-state index is -0.267. The molecule has 0 aliphatic carbocycles. The summed E-state index contributed by atoms with van der Waals surface area (Å²) >= 11 is 5.87. The molecule has 0 saturated heterocycles. The van der Waals surface area contributed by atoms with Crippen molar-refractivity contribution in [3.05, 3.63) is 58.6 Å². The quantitative estimate of drug-likeness (QED) is 0.772. The Morgan fingerprint density at radius 1 is 1.29 bits per heavy atom. The van der Waals surface area contributed by atoms with E-state index in [0.717, 1.165) is 11.3 Å². The third-order valence-electron chi connectivity index (χ3n) is 3.67. The van der Waals surface area contributed by atoms with Crippen LogP contribution in [0.5, 0.6) is 0 Å². The second-order valence-electron chi connectivity index (χ2n) is 5.31. The Balaban J connectivity index is 1.68. The Kier molecular flexibility index (Phi) is 4.61. The number of nitrogens with zero attached hydrogens (tertiary/aromatic N) is 5. The highest BCUT2D eigenvalue weighted by atomic mass is 35.5. The van der Waals surface area contributed by atoms with Crippen molar-refractivity contribution in [2.24, 2.45) is 0 Å². The fourth-order valence-electron chi connectivity index (χ4n) is 2.36. The number of halogens is 1. The Labute approximate surface area is 144 Å². The molecular formula is C16H17ClN6O. The van der Waals surface area contributed by atoms with E-state index >= 15 is 0 Å². The number of benzene rings is 1. The number of carbonyl (C=O) groups is 1. The Bertz CT molecular complexity index is 852. The van der Waals surface area contributed by atoms with E-state index in [1.807, 2.05) is 38.1 Å². The molecule has 0 fully saturated rings. The average molecular weight is 345 g/mol. The first-order chi connectivity index (χ1) is 11.6. The molecule has 0 saturated carbocycles. The molecule has 7 nitrogen and oxygen atoms in total. The van der Waals surface area contributed by atoms with Crippen LogP contribution in [0.25, 0.3) is 0 Å². The van der Waals surface area contributed by atoms with Crippen molar-refractivity contribution in [1.29, 1.82) is 0 Å². The molecule has 124 valence electrons. The summed E-state index contributed by atoms with van der Waals surface area (Å²) in [6.45, 7) is 5.10. The average Bonchev–Trinajstić information content (AvgIpc) is 3.16. The highest BCUT2D eigenvalue weighted by Crippen LogP contribution is 2.12. The molecule has 0 unspecified atom stereocenters. The molecule has 8 heteroatoms. The van der Waals surface area contributed by atoms with Crippen molar-refractivity contribution < 1.29 is 4.79 Å². The highest BCUT2D eigenvalue weighted by Gasteiger charge is 2.15. The van der Waals surface area contributed by atoms with E-state index in [1.54, 1.807) is 21.9 Å². The van der Waals surface area contributed by atoms with Crippen LogP contribution < -0.4 is 5.32 Å². The van der Waals surface area contributed by atoms with Gasteiger partial charge in [0, 0.05) is 17.3 Å². The maximum Gasteiger partial charge on any atom is 0.261 e. The number of amides is 1. The van der Waals surface area contributed by atoms with Crippen molar-refractivity contribution in [3.8, 4) is 0 Å². The van der Waals surface area contributed by atoms with E-state index in [9.17, 15) is 4.79 Å². The van der Waals surface area contributed by atoms with Crippen LogP contribution in [0.2, 0.25) is 5.02 Å².